The number of aryl methyl sites for hydroxylation is 1. The van der Waals surface area contributed by atoms with E-state index >= 15 is 0 Å². The SMILES string of the molecule is CCCCCCCCc1ccc(-c2noc([C@@H]3C[C@@H](O)CN3)n2)cc1. The molecule has 1 aliphatic rings. The van der Waals surface area contributed by atoms with Gasteiger partial charge in [0.15, 0.2) is 0 Å². The number of nitrogens with zero attached hydrogens (tertiary/aromatic N) is 2. The molecule has 136 valence electrons. The van der Waals surface area contributed by atoms with Gasteiger partial charge in [-0.25, -0.2) is 0 Å². The molecule has 1 aromatic carbocycles. The van der Waals surface area contributed by atoms with Gasteiger partial charge in [0.05, 0.1) is 12.1 Å². The zero-order valence-electron chi connectivity index (χ0n) is 15.1. The summed E-state index contributed by atoms with van der Waals surface area (Å²) in [7, 11) is 0. The number of hydrogen-bond acceptors (Lipinski definition) is 5. The lowest BCUT2D eigenvalue weighted by molar-refractivity contribution is 0.191. The maximum absolute atomic E-state index is 9.59. The fraction of sp³-hybridized carbons (Fsp3) is 0.600. The van der Waals surface area contributed by atoms with Crippen molar-refractivity contribution in [2.45, 2.75) is 70.4 Å². The number of β-amino-alcohol motifs (C(OH)–C–C–N with tert-alkyl or cyclic N) is 1. The zero-order chi connectivity index (χ0) is 17.5. The molecular formula is C20H29N3O2. The van der Waals surface area contributed by atoms with E-state index in [0.29, 0.717) is 24.7 Å². The minimum atomic E-state index is -0.332. The number of hydrogen-bond donors (Lipinski definition) is 2. The molecule has 0 unspecified atom stereocenters. The first-order valence-electron chi connectivity index (χ1n) is 9.60. The highest BCUT2D eigenvalue weighted by atomic mass is 16.5. The van der Waals surface area contributed by atoms with E-state index in [9.17, 15) is 5.11 Å². The van der Waals surface area contributed by atoms with E-state index in [1.54, 1.807) is 0 Å². The topological polar surface area (TPSA) is 71.2 Å². The van der Waals surface area contributed by atoms with Crippen LogP contribution in [0.25, 0.3) is 11.4 Å². The average Bonchev–Trinajstić information content (AvgIpc) is 3.27. The Morgan fingerprint density at radius 1 is 1.12 bits per heavy atom. The lowest BCUT2D eigenvalue weighted by Gasteiger charge is -2.03. The van der Waals surface area contributed by atoms with Crippen molar-refractivity contribution in [1.82, 2.24) is 15.5 Å². The number of unbranched alkanes of at least 4 members (excludes halogenated alkanes) is 5. The van der Waals surface area contributed by atoms with Gasteiger partial charge in [-0.3, -0.25) is 0 Å². The molecule has 2 aromatic rings. The third-order valence-corrected chi connectivity index (χ3v) is 4.88. The highest BCUT2D eigenvalue weighted by Gasteiger charge is 2.28. The van der Waals surface area contributed by atoms with Crippen LogP contribution < -0.4 is 5.32 Å². The maximum Gasteiger partial charge on any atom is 0.244 e. The van der Waals surface area contributed by atoms with Gasteiger partial charge in [-0.1, -0.05) is 68.4 Å². The van der Waals surface area contributed by atoms with Gasteiger partial charge in [0, 0.05) is 12.1 Å². The smallest absolute Gasteiger partial charge is 0.244 e. The third-order valence-electron chi connectivity index (χ3n) is 4.88. The molecule has 2 atom stereocenters. The van der Waals surface area contributed by atoms with Crippen molar-refractivity contribution in [3.8, 4) is 11.4 Å². The van der Waals surface area contributed by atoms with Crippen LogP contribution in [-0.4, -0.2) is 27.9 Å². The van der Waals surface area contributed by atoms with Crippen LogP contribution in [0, 0.1) is 0 Å². The number of aromatic nitrogens is 2. The molecule has 0 aliphatic carbocycles. The predicted octanol–water partition coefficient (Wildman–Crippen LogP) is 4.03. The molecule has 5 nitrogen and oxygen atoms in total. The molecule has 0 saturated carbocycles. The van der Waals surface area contributed by atoms with Gasteiger partial charge in [-0.05, 0) is 24.8 Å². The number of benzene rings is 1. The molecule has 2 heterocycles. The first-order valence-corrected chi connectivity index (χ1v) is 9.60. The van der Waals surface area contributed by atoms with Gasteiger partial charge >= 0.3 is 0 Å². The Balaban J connectivity index is 1.50. The Morgan fingerprint density at radius 2 is 1.88 bits per heavy atom. The molecular weight excluding hydrogens is 314 g/mol. The Bertz CT molecular complexity index is 639. The van der Waals surface area contributed by atoms with E-state index in [-0.39, 0.29) is 12.1 Å². The van der Waals surface area contributed by atoms with E-state index in [2.05, 4.69) is 46.6 Å². The normalized spacial score (nSPS) is 20.2. The summed E-state index contributed by atoms with van der Waals surface area (Å²) >= 11 is 0. The molecule has 1 fully saturated rings. The maximum atomic E-state index is 9.59. The van der Waals surface area contributed by atoms with Crippen molar-refractivity contribution >= 4 is 0 Å². The predicted molar refractivity (Wildman–Crippen MR) is 98.2 cm³/mol. The van der Waals surface area contributed by atoms with Crippen LogP contribution in [0.5, 0.6) is 0 Å². The largest absolute Gasteiger partial charge is 0.392 e. The van der Waals surface area contributed by atoms with Gasteiger partial charge in [-0.15, -0.1) is 0 Å². The lowest BCUT2D eigenvalue weighted by Crippen LogP contribution is -2.15. The van der Waals surface area contributed by atoms with Crippen molar-refractivity contribution in [1.29, 1.82) is 0 Å². The van der Waals surface area contributed by atoms with Gasteiger partial charge in [-0.2, -0.15) is 4.98 Å². The summed E-state index contributed by atoms with van der Waals surface area (Å²) < 4.78 is 5.36. The van der Waals surface area contributed by atoms with Crippen molar-refractivity contribution in [3.05, 3.63) is 35.7 Å². The Morgan fingerprint density at radius 3 is 2.60 bits per heavy atom. The fourth-order valence-corrected chi connectivity index (χ4v) is 3.33. The van der Waals surface area contributed by atoms with Gasteiger partial charge in [0.25, 0.3) is 0 Å². The second-order valence-electron chi connectivity index (χ2n) is 7.02. The molecule has 1 aliphatic heterocycles. The summed E-state index contributed by atoms with van der Waals surface area (Å²) in [6, 6.07) is 8.42. The van der Waals surface area contributed by atoms with Crippen LogP contribution in [0.1, 0.15) is 69.4 Å². The first-order chi connectivity index (χ1) is 12.3. The Labute approximate surface area is 149 Å². The minimum Gasteiger partial charge on any atom is -0.392 e. The average molecular weight is 343 g/mol. The molecule has 2 N–H and O–H groups in total. The third kappa shape index (κ3) is 5.13. The molecule has 3 rings (SSSR count). The van der Waals surface area contributed by atoms with Crippen molar-refractivity contribution in [2.24, 2.45) is 0 Å². The number of aliphatic hydroxyl groups is 1. The summed E-state index contributed by atoms with van der Waals surface area (Å²) in [6.07, 6.45) is 9.37. The summed E-state index contributed by atoms with van der Waals surface area (Å²) in [6.45, 7) is 2.83. The number of nitrogens with one attached hydrogen (secondary N) is 1. The summed E-state index contributed by atoms with van der Waals surface area (Å²) in [5.74, 6) is 1.17. The second-order valence-corrected chi connectivity index (χ2v) is 7.02. The van der Waals surface area contributed by atoms with E-state index in [1.165, 1.54) is 44.1 Å². The molecule has 25 heavy (non-hydrogen) atoms. The van der Waals surface area contributed by atoms with Crippen molar-refractivity contribution in [3.63, 3.8) is 0 Å². The van der Waals surface area contributed by atoms with E-state index in [4.69, 9.17) is 4.52 Å². The molecule has 1 saturated heterocycles. The highest BCUT2D eigenvalue weighted by Crippen LogP contribution is 2.25. The fourth-order valence-electron chi connectivity index (χ4n) is 3.33. The minimum absolute atomic E-state index is 0.0387. The second kappa shape index (κ2) is 9.11. The van der Waals surface area contributed by atoms with Crippen LogP contribution in [0.2, 0.25) is 0 Å². The van der Waals surface area contributed by atoms with Crippen LogP contribution >= 0.6 is 0 Å². The van der Waals surface area contributed by atoms with Gasteiger partial charge in [0.1, 0.15) is 0 Å². The van der Waals surface area contributed by atoms with Gasteiger partial charge in [0.2, 0.25) is 11.7 Å². The molecule has 0 bridgehead atoms. The Kier molecular flexibility index (Phi) is 6.59. The van der Waals surface area contributed by atoms with Gasteiger partial charge < -0.3 is 14.9 Å². The first kappa shape index (κ1) is 18.1. The van der Waals surface area contributed by atoms with Crippen LogP contribution in [0.3, 0.4) is 0 Å². The van der Waals surface area contributed by atoms with Crippen molar-refractivity contribution in [2.75, 3.05) is 6.54 Å². The van der Waals surface area contributed by atoms with Crippen LogP contribution in [0.4, 0.5) is 0 Å². The van der Waals surface area contributed by atoms with Crippen LogP contribution in [0.15, 0.2) is 28.8 Å². The molecule has 1 aromatic heterocycles. The zero-order valence-corrected chi connectivity index (χ0v) is 15.1. The van der Waals surface area contributed by atoms with E-state index < -0.39 is 0 Å². The molecule has 5 heteroatoms. The molecule has 0 radical (unpaired) electrons. The standard InChI is InChI=1S/C20H29N3O2/c1-2-3-4-5-6-7-8-15-9-11-16(12-10-15)19-22-20(25-23-19)18-13-17(24)14-21-18/h9-12,17-18,21,24H,2-8,13-14H2,1H3/t17-,18+/m1/s1. The summed E-state index contributed by atoms with van der Waals surface area (Å²) in [5.41, 5.74) is 2.34. The number of rotatable bonds is 9. The summed E-state index contributed by atoms with van der Waals surface area (Å²) in [5, 5.41) is 16.9. The van der Waals surface area contributed by atoms with Crippen molar-refractivity contribution < 1.29 is 9.63 Å². The van der Waals surface area contributed by atoms with Crippen LogP contribution in [-0.2, 0) is 6.42 Å². The molecule has 0 amide bonds. The lowest BCUT2D eigenvalue weighted by atomic mass is 10.0. The monoisotopic (exact) mass is 343 g/mol. The van der Waals surface area contributed by atoms with E-state index in [0.717, 1.165) is 12.0 Å². The Hall–Kier alpha value is -1.72. The quantitative estimate of drug-likeness (QED) is 0.673. The highest BCUT2D eigenvalue weighted by molar-refractivity contribution is 5.54. The van der Waals surface area contributed by atoms with E-state index in [1.807, 2.05) is 0 Å². The number of aliphatic hydroxyl groups excluding tert-OH is 1. The summed E-state index contributed by atoms with van der Waals surface area (Å²) in [4.78, 5) is 4.48. The molecule has 0 spiro atoms.